The van der Waals surface area contributed by atoms with Crippen LogP contribution in [0.5, 0.6) is 0 Å². The third-order valence-electron chi connectivity index (χ3n) is 5.85. The maximum absolute atomic E-state index is 13.1. The van der Waals surface area contributed by atoms with Crippen LogP contribution in [-0.2, 0) is 14.8 Å². The molecule has 0 aliphatic carbocycles. The van der Waals surface area contributed by atoms with E-state index in [2.05, 4.69) is 47.9 Å². The van der Waals surface area contributed by atoms with Crippen molar-refractivity contribution in [2.24, 2.45) is 0 Å². The number of sulfonamides is 1. The molecule has 0 amide bonds. The van der Waals surface area contributed by atoms with Crippen molar-refractivity contribution in [2.45, 2.75) is 30.1 Å². The van der Waals surface area contributed by atoms with E-state index in [1.807, 2.05) is 5.38 Å². The lowest BCUT2D eigenvalue weighted by atomic mass is 10.1. The molecular weight excluding hydrogens is 406 g/mol. The predicted molar refractivity (Wildman–Crippen MR) is 117 cm³/mol. The van der Waals surface area contributed by atoms with Gasteiger partial charge < -0.3 is 9.64 Å². The number of morpholine rings is 1. The molecule has 0 bridgehead atoms. The Hall–Kier alpha value is -1.45. The normalized spacial score (nSPS) is 24.7. The van der Waals surface area contributed by atoms with Gasteiger partial charge in [-0.15, -0.1) is 11.3 Å². The van der Waals surface area contributed by atoms with Crippen LogP contribution in [-0.4, -0.2) is 75.6 Å². The molecule has 2 aromatic rings. The van der Waals surface area contributed by atoms with E-state index < -0.39 is 10.0 Å². The van der Waals surface area contributed by atoms with Crippen molar-refractivity contribution in [1.29, 1.82) is 0 Å². The van der Waals surface area contributed by atoms with Crippen LogP contribution >= 0.6 is 11.3 Å². The Morgan fingerprint density at radius 3 is 2.62 bits per heavy atom. The van der Waals surface area contributed by atoms with Crippen LogP contribution in [0.4, 0.5) is 5.69 Å². The van der Waals surface area contributed by atoms with E-state index in [-0.39, 0.29) is 6.04 Å². The maximum atomic E-state index is 13.1. The number of aryl methyl sites for hydroxylation is 1. The molecule has 4 rings (SSSR count). The number of anilines is 1. The van der Waals surface area contributed by atoms with Gasteiger partial charge in [-0.05, 0) is 37.4 Å². The number of rotatable bonds is 5. The minimum atomic E-state index is -3.44. The highest BCUT2D eigenvalue weighted by Crippen LogP contribution is 2.27. The molecule has 158 valence electrons. The van der Waals surface area contributed by atoms with Crippen LogP contribution in [0, 0.1) is 6.92 Å². The third kappa shape index (κ3) is 4.51. The van der Waals surface area contributed by atoms with Gasteiger partial charge in [0.2, 0.25) is 0 Å². The van der Waals surface area contributed by atoms with Gasteiger partial charge in [-0.2, -0.15) is 4.31 Å². The van der Waals surface area contributed by atoms with Crippen LogP contribution in [0.25, 0.3) is 0 Å². The fourth-order valence-corrected chi connectivity index (χ4v) is 6.73. The standard InChI is InChI=1S/C21H29N3O3S2/c1-17-5-7-19(8-6-17)24-10-9-23(29(25,26)21-4-3-13-28-21)15-20(24)14-22-11-12-27-16-18(22)2/h3-8,13,18,20H,9-12,14-16H2,1-2H3. The van der Waals surface area contributed by atoms with Gasteiger partial charge in [0.15, 0.2) is 0 Å². The zero-order valence-electron chi connectivity index (χ0n) is 17.0. The number of hydrogen-bond acceptors (Lipinski definition) is 6. The SMILES string of the molecule is Cc1ccc(N2CCN(S(=O)(=O)c3cccs3)CC2CN2CCOCC2C)cc1. The third-order valence-corrected chi connectivity index (χ3v) is 9.09. The lowest BCUT2D eigenvalue weighted by molar-refractivity contribution is -0.00446. The number of piperazine rings is 1. The highest BCUT2D eigenvalue weighted by atomic mass is 32.2. The lowest BCUT2D eigenvalue weighted by Gasteiger charge is -2.45. The monoisotopic (exact) mass is 435 g/mol. The molecule has 6 nitrogen and oxygen atoms in total. The first-order valence-electron chi connectivity index (χ1n) is 10.1. The van der Waals surface area contributed by atoms with Crippen molar-refractivity contribution >= 4 is 27.0 Å². The van der Waals surface area contributed by atoms with Gasteiger partial charge in [-0.3, -0.25) is 4.90 Å². The molecule has 2 fully saturated rings. The number of ether oxygens (including phenoxy) is 1. The van der Waals surface area contributed by atoms with E-state index >= 15 is 0 Å². The Morgan fingerprint density at radius 1 is 1.14 bits per heavy atom. The molecule has 2 atom stereocenters. The first kappa shape index (κ1) is 20.8. The summed E-state index contributed by atoms with van der Waals surface area (Å²) in [4.78, 5) is 4.80. The molecule has 3 heterocycles. The van der Waals surface area contributed by atoms with Gasteiger partial charge in [0.1, 0.15) is 4.21 Å². The van der Waals surface area contributed by atoms with Crippen molar-refractivity contribution in [1.82, 2.24) is 9.21 Å². The zero-order chi connectivity index (χ0) is 20.4. The zero-order valence-corrected chi connectivity index (χ0v) is 18.7. The Balaban J connectivity index is 1.58. The molecule has 8 heteroatoms. The first-order chi connectivity index (χ1) is 13.9. The fraction of sp³-hybridized carbons (Fsp3) is 0.524. The van der Waals surface area contributed by atoms with Gasteiger partial charge >= 0.3 is 0 Å². The molecule has 2 aliphatic rings. The molecule has 2 aliphatic heterocycles. The van der Waals surface area contributed by atoms with E-state index in [1.165, 1.54) is 16.9 Å². The Labute approximate surface area is 177 Å². The van der Waals surface area contributed by atoms with Crippen LogP contribution in [0.2, 0.25) is 0 Å². The molecular formula is C21H29N3O3S2. The number of nitrogens with zero attached hydrogens (tertiary/aromatic N) is 3. The quantitative estimate of drug-likeness (QED) is 0.723. The molecule has 0 spiro atoms. The van der Waals surface area contributed by atoms with E-state index in [0.717, 1.165) is 32.0 Å². The molecule has 0 N–H and O–H groups in total. The van der Waals surface area contributed by atoms with Crippen molar-refractivity contribution in [3.63, 3.8) is 0 Å². The van der Waals surface area contributed by atoms with Gasteiger partial charge in [0, 0.05) is 44.5 Å². The summed E-state index contributed by atoms with van der Waals surface area (Å²) in [7, 11) is -3.44. The van der Waals surface area contributed by atoms with E-state index in [1.54, 1.807) is 16.4 Å². The summed E-state index contributed by atoms with van der Waals surface area (Å²) >= 11 is 1.29. The summed E-state index contributed by atoms with van der Waals surface area (Å²) in [5.41, 5.74) is 2.39. The molecule has 0 saturated carbocycles. The Bertz CT molecular complexity index is 900. The van der Waals surface area contributed by atoms with Crippen LogP contribution in [0.15, 0.2) is 46.0 Å². The summed E-state index contributed by atoms with van der Waals surface area (Å²) in [5.74, 6) is 0. The van der Waals surface area contributed by atoms with E-state index in [0.29, 0.717) is 29.9 Å². The largest absolute Gasteiger partial charge is 0.379 e. The second kappa shape index (κ2) is 8.73. The second-order valence-electron chi connectivity index (χ2n) is 7.90. The number of thiophene rings is 1. The molecule has 1 aromatic carbocycles. The molecule has 2 saturated heterocycles. The van der Waals surface area contributed by atoms with Crippen molar-refractivity contribution in [2.75, 3.05) is 50.8 Å². The number of benzene rings is 1. The highest BCUT2D eigenvalue weighted by molar-refractivity contribution is 7.91. The van der Waals surface area contributed by atoms with E-state index in [4.69, 9.17) is 4.74 Å². The lowest BCUT2D eigenvalue weighted by Crippen LogP contribution is -2.60. The topological polar surface area (TPSA) is 53.1 Å². The fourth-order valence-electron chi connectivity index (χ4n) is 4.12. The van der Waals surface area contributed by atoms with Gasteiger partial charge in [0.05, 0.1) is 19.3 Å². The van der Waals surface area contributed by atoms with Crippen molar-refractivity contribution in [3.05, 3.63) is 47.3 Å². The molecule has 29 heavy (non-hydrogen) atoms. The van der Waals surface area contributed by atoms with Gasteiger partial charge in [0.25, 0.3) is 10.0 Å². The molecule has 1 aromatic heterocycles. The summed E-state index contributed by atoms with van der Waals surface area (Å²) in [5, 5.41) is 1.82. The van der Waals surface area contributed by atoms with Crippen LogP contribution < -0.4 is 4.90 Å². The highest BCUT2D eigenvalue weighted by Gasteiger charge is 2.36. The number of hydrogen-bond donors (Lipinski definition) is 0. The second-order valence-corrected chi connectivity index (χ2v) is 11.0. The maximum Gasteiger partial charge on any atom is 0.252 e. The Kier molecular flexibility index (Phi) is 6.27. The van der Waals surface area contributed by atoms with E-state index in [9.17, 15) is 8.42 Å². The summed E-state index contributed by atoms with van der Waals surface area (Å²) in [6.45, 7) is 9.14. The Morgan fingerprint density at radius 2 is 1.93 bits per heavy atom. The summed E-state index contributed by atoms with van der Waals surface area (Å²) in [6, 6.07) is 12.5. The smallest absolute Gasteiger partial charge is 0.252 e. The average Bonchev–Trinajstić information content (AvgIpc) is 3.26. The average molecular weight is 436 g/mol. The van der Waals surface area contributed by atoms with Crippen LogP contribution in [0.3, 0.4) is 0 Å². The summed E-state index contributed by atoms with van der Waals surface area (Å²) < 4.78 is 33.9. The van der Waals surface area contributed by atoms with Crippen molar-refractivity contribution in [3.8, 4) is 0 Å². The minimum Gasteiger partial charge on any atom is -0.379 e. The first-order valence-corrected chi connectivity index (χ1v) is 12.5. The van der Waals surface area contributed by atoms with Gasteiger partial charge in [-0.25, -0.2) is 8.42 Å². The molecule has 2 unspecified atom stereocenters. The van der Waals surface area contributed by atoms with Crippen LogP contribution in [0.1, 0.15) is 12.5 Å². The van der Waals surface area contributed by atoms with Crippen molar-refractivity contribution < 1.29 is 13.2 Å². The predicted octanol–water partition coefficient (Wildman–Crippen LogP) is 2.66. The minimum absolute atomic E-state index is 0.0988. The van der Waals surface area contributed by atoms with Gasteiger partial charge in [-0.1, -0.05) is 23.8 Å². The summed E-state index contributed by atoms with van der Waals surface area (Å²) in [6.07, 6.45) is 0. The molecule has 0 radical (unpaired) electrons.